The lowest BCUT2D eigenvalue weighted by molar-refractivity contribution is -0.152. The van der Waals surface area contributed by atoms with E-state index in [1.807, 2.05) is 0 Å². The number of halogens is 3. The first kappa shape index (κ1) is 17.1. The first-order valence-electron chi connectivity index (χ1n) is 8.00. The number of nitrogens with zero attached hydrogens (tertiary/aromatic N) is 1. The number of aromatic hydroxyl groups is 1. The smallest absolute Gasteiger partial charge is 0.450 e. The summed E-state index contributed by atoms with van der Waals surface area (Å²) < 4.78 is 46.1. The number of aryl methyl sites for hydroxylation is 1. The zero-order valence-electron chi connectivity index (χ0n) is 14.0. The molecule has 0 fully saturated rings. The van der Waals surface area contributed by atoms with Gasteiger partial charge >= 0.3 is 6.18 Å². The maximum atomic E-state index is 13.7. The van der Waals surface area contributed by atoms with Gasteiger partial charge in [-0.3, -0.25) is 4.79 Å². The summed E-state index contributed by atoms with van der Waals surface area (Å²) >= 11 is 0. The molecule has 0 spiro atoms. The fourth-order valence-electron chi connectivity index (χ4n) is 3.02. The minimum Gasteiger partial charge on any atom is -0.508 e. The summed E-state index contributed by atoms with van der Waals surface area (Å²) in [5.41, 5.74) is -1.39. The van der Waals surface area contributed by atoms with E-state index in [0.717, 1.165) is 5.39 Å². The van der Waals surface area contributed by atoms with Gasteiger partial charge in [0.1, 0.15) is 11.3 Å². The molecular weight excluding hydrogens is 359 g/mol. The average molecular weight is 371 g/mol. The molecule has 0 atom stereocenters. The highest BCUT2D eigenvalue weighted by Gasteiger charge is 2.40. The standard InChI is InChI=1S/C20H12F3NO3/c1-10-15(25)9-7-12-17(26)16(19(20(21,22)23)27-18(10)12)14-8-6-11-4-2-3-5-13(11)24-14/h2-9,25H,1H3. The topological polar surface area (TPSA) is 63.3 Å². The van der Waals surface area contributed by atoms with E-state index in [0.29, 0.717) is 5.52 Å². The van der Waals surface area contributed by atoms with Crippen LogP contribution < -0.4 is 5.43 Å². The van der Waals surface area contributed by atoms with Crippen LogP contribution in [-0.4, -0.2) is 10.1 Å². The lowest BCUT2D eigenvalue weighted by Gasteiger charge is -2.14. The monoisotopic (exact) mass is 371 g/mol. The number of hydrogen-bond acceptors (Lipinski definition) is 4. The zero-order chi connectivity index (χ0) is 19.3. The zero-order valence-corrected chi connectivity index (χ0v) is 14.0. The van der Waals surface area contributed by atoms with Gasteiger partial charge in [-0.1, -0.05) is 24.3 Å². The Morgan fingerprint density at radius 3 is 2.52 bits per heavy atom. The Kier molecular flexibility index (Phi) is 3.69. The van der Waals surface area contributed by atoms with E-state index in [4.69, 9.17) is 4.42 Å². The fourth-order valence-corrected chi connectivity index (χ4v) is 3.02. The number of alkyl halides is 3. The number of phenolic OH excluding ortho intramolecular Hbond substituents is 1. The maximum Gasteiger partial charge on any atom is 0.450 e. The third-order valence-electron chi connectivity index (χ3n) is 4.39. The van der Waals surface area contributed by atoms with E-state index in [-0.39, 0.29) is 28.0 Å². The van der Waals surface area contributed by atoms with Gasteiger partial charge in [0.05, 0.1) is 22.2 Å². The number of hydrogen-bond donors (Lipinski definition) is 1. The maximum absolute atomic E-state index is 13.7. The van der Waals surface area contributed by atoms with Gasteiger partial charge in [0.2, 0.25) is 11.2 Å². The van der Waals surface area contributed by atoms with Gasteiger partial charge in [0, 0.05) is 10.9 Å². The van der Waals surface area contributed by atoms with E-state index in [2.05, 4.69) is 4.98 Å². The molecule has 0 aliphatic rings. The molecule has 136 valence electrons. The molecule has 0 saturated heterocycles. The molecule has 2 aromatic heterocycles. The van der Waals surface area contributed by atoms with Crippen molar-refractivity contribution in [2.45, 2.75) is 13.1 Å². The van der Waals surface area contributed by atoms with Crippen LogP contribution in [0.3, 0.4) is 0 Å². The number of pyridine rings is 1. The summed E-state index contributed by atoms with van der Waals surface area (Å²) in [6.07, 6.45) is -4.91. The van der Waals surface area contributed by atoms with Gasteiger partial charge < -0.3 is 9.52 Å². The Morgan fingerprint density at radius 1 is 1.04 bits per heavy atom. The molecule has 27 heavy (non-hydrogen) atoms. The van der Waals surface area contributed by atoms with Crippen LogP contribution in [-0.2, 0) is 6.18 Å². The summed E-state index contributed by atoms with van der Waals surface area (Å²) in [4.78, 5) is 17.1. The second-order valence-corrected chi connectivity index (χ2v) is 6.11. The normalized spacial score (nSPS) is 12.0. The number of benzene rings is 2. The van der Waals surface area contributed by atoms with Crippen molar-refractivity contribution in [2.24, 2.45) is 0 Å². The van der Waals surface area contributed by atoms with Crippen LogP contribution in [0.15, 0.2) is 57.7 Å². The summed E-state index contributed by atoms with van der Waals surface area (Å²) in [6, 6.07) is 12.4. The molecule has 0 aliphatic carbocycles. The van der Waals surface area contributed by atoms with Crippen LogP contribution in [0.2, 0.25) is 0 Å². The minimum atomic E-state index is -4.91. The Morgan fingerprint density at radius 2 is 1.78 bits per heavy atom. The van der Waals surface area contributed by atoms with Crippen LogP contribution in [0.5, 0.6) is 5.75 Å². The lowest BCUT2D eigenvalue weighted by atomic mass is 10.0. The van der Waals surface area contributed by atoms with E-state index in [1.165, 1.54) is 25.1 Å². The molecular formula is C20H12F3NO3. The molecule has 0 saturated carbocycles. The van der Waals surface area contributed by atoms with Crippen LogP contribution in [0.1, 0.15) is 11.3 Å². The Bertz CT molecular complexity index is 1260. The van der Waals surface area contributed by atoms with Crippen LogP contribution in [0, 0.1) is 6.92 Å². The van der Waals surface area contributed by atoms with Crippen molar-refractivity contribution in [1.82, 2.24) is 4.98 Å². The van der Waals surface area contributed by atoms with Crippen molar-refractivity contribution in [3.63, 3.8) is 0 Å². The number of para-hydroxylation sites is 1. The second-order valence-electron chi connectivity index (χ2n) is 6.11. The molecule has 4 nitrogen and oxygen atoms in total. The number of rotatable bonds is 1. The first-order valence-corrected chi connectivity index (χ1v) is 8.00. The highest BCUT2D eigenvalue weighted by molar-refractivity contribution is 5.87. The first-order chi connectivity index (χ1) is 12.8. The predicted octanol–water partition coefficient (Wildman–Crippen LogP) is 5.04. The lowest BCUT2D eigenvalue weighted by Crippen LogP contribution is -2.17. The Hall–Kier alpha value is -3.35. The van der Waals surface area contributed by atoms with E-state index in [1.54, 1.807) is 30.3 Å². The van der Waals surface area contributed by atoms with Crippen molar-refractivity contribution in [1.29, 1.82) is 0 Å². The molecule has 4 rings (SSSR count). The van der Waals surface area contributed by atoms with Gasteiger partial charge in [-0.15, -0.1) is 0 Å². The highest BCUT2D eigenvalue weighted by atomic mass is 19.4. The van der Waals surface area contributed by atoms with Crippen LogP contribution in [0.4, 0.5) is 13.2 Å². The highest BCUT2D eigenvalue weighted by Crippen LogP contribution is 2.38. The van der Waals surface area contributed by atoms with Gasteiger partial charge in [-0.05, 0) is 31.2 Å². The molecule has 0 unspecified atom stereocenters. The van der Waals surface area contributed by atoms with E-state index in [9.17, 15) is 23.1 Å². The molecule has 2 aromatic carbocycles. The van der Waals surface area contributed by atoms with Gasteiger partial charge in [-0.25, -0.2) is 4.98 Å². The Balaban J connectivity index is 2.13. The van der Waals surface area contributed by atoms with E-state index < -0.39 is 22.9 Å². The van der Waals surface area contributed by atoms with Crippen molar-refractivity contribution >= 4 is 21.9 Å². The quantitative estimate of drug-likeness (QED) is 0.509. The third-order valence-corrected chi connectivity index (χ3v) is 4.39. The van der Waals surface area contributed by atoms with Crippen molar-refractivity contribution < 1.29 is 22.7 Å². The van der Waals surface area contributed by atoms with Gasteiger partial charge in [-0.2, -0.15) is 13.2 Å². The number of fused-ring (bicyclic) bond motifs is 2. The predicted molar refractivity (Wildman–Crippen MR) is 94.6 cm³/mol. The van der Waals surface area contributed by atoms with Crippen molar-refractivity contribution in [3.8, 4) is 17.0 Å². The summed E-state index contributed by atoms with van der Waals surface area (Å²) in [6.45, 7) is 1.38. The fraction of sp³-hybridized carbons (Fsp3) is 0.100. The molecule has 4 aromatic rings. The number of aromatic nitrogens is 1. The molecule has 0 radical (unpaired) electrons. The van der Waals surface area contributed by atoms with E-state index >= 15 is 0 Å². The Labute approximate surface area is 150 Å². The summed E-state index contributed by atoms with van der Waals surface area (Å²) in [5.74, 6) is -1.69. The minimum absolute atomic E-state index is 0.0525. The second kappa shape index (κ2) is 5.84. The van der Waals surface area contributed by atoms with Crippen LogP contribution in [0.25, 0.3) is 33.1 Å². The molecule has 0 aliphatic heterocycles. The molecule has 7 heteroatoms. The summed E-state index contributed by atoms with van der Waals surface area (Å²) in [5, 5.41) is 10.4. The van der Waals surface area contributed by atoms with Crippen molar-refractivity contribution in [2.75, 3.05) is 0 Å². The molecule has 0 amide bonds. The average Bonchev–Trinajstić information content (AvgIpc) is 2.63. The third kappa shape index (κ3) is 2.71. The molecule has 0 bridgehead atoms. The molecule has 1 N–H and O–H groups in total. The van der Waals surface area contributed by atoms with Gasteiger partial charge in [0.15, 0.2) is 0 Å². The van der Waals surface area contributed by atoms with Crippen molar-refractivity contribution in [3.05, 3.63) is 70.1 Å². The number of phenols is 1. The largest absolute Gasteiger partial charge is 0.508 e. The molecule has 2 heterocycles. The summed E-state index contributed by atoms with van der Waals surface area (Å²) in [7, 11) is 0. The van der Waals surface area contributed by atoms with Crippen LogP contribution >= 0.6 is 0 Å². The SMILES string of the molecule is Cc1c(O)ccc2c(=O)c(-c3ccc4ccccc4n3)c(C(F)(F)F)oc12. The van der Waals surface area contributed by atoms with Gasteiger partial charge in [0.25, 0.3) is 0 Å².